The maximum absolute atomic E-state index is 14.8. The molecule has 2 heterocycles. The molecule has 1 N–H and O–H groups in total. The Labute approximate surface area is 125 Å². The number of nitrogens with zero attached hydrogens (tertiary/aromatic N) is 1. The van der Waals surface area contributed by atoms with Crippen LogP contribution in [0.25, 0.3) is 10.9 Å². The first kappa shape index (κ1) is 13.4. The Hall–Kier alpha value is -2.22. The van der Waals surface area contributed by atoms with Crippen LogP contribution in [0.4, 0.5) is 4.39 Å². The number of carboxylic acids is 1. The number of carbonyl (C=O) groups is 1. The van der Waals surface area contributed by atoms with Crippen molar-refractivity contribution in [3.05, 3.63) is 33.9 Å². The standard InChI is InChI=1S/C14H10FNO5S/c15-10-11-7(3-9-13(10)22(20)5-21-9)12(17)8(14(18)19)4-16(11)6-1-2-6/h3-4,6H,1-2,5H2,(H,18,19). The smallest absolute Gasteiger partial charge is 0.341 e. The summed E-state index contributed by atoms with van der Waals surface area (Å²) in [6.07, 6.45) is 2.75. The summed E-state index contributed by atoms with van der Waals surface area (Å²) >= 11 is 0. The van der Waals surface area contributed by atoms with Crippen molar-refractivity contribution >= 4 is 27.7 Å². The van der Waals surface area contributed by atoms with Crippen LogP contribution in [0.2, 0.25) is 0 Å². The van der Waals surface area contributed by atoms with Crippen molar-refractivity contribution in [3.8, 4) is 5.75 Å². The number of fused-ring (bicyclic) bond motifs is 2. The lowest BCUT2D eigenvalue weighted by Crippen LogP contribution is -2.19. The number of rotatable bonds is 2. The molecule has 1 fully saturated rings. The molecule has 4 rings (SSSR count). The lowest BCUT2D eigenvalue weighted by atomic mass is 10.1. The van der Waals surface area contributed by atoms with Gasteiger partial charge >= 0.3 is 5.97 Å². The van der Waals surface area contributed by atoms with Gasteiger partial charge in [-0.25, -0.2) is 9.18 Å². The van der Waals surface area contributed by atoms with E-state index in [1.165, 1.54) is 16.8 Å². The van der Waals surface area contributed by atoms with Gasteiger partial charge in [0.2, 0.25) is 5.43 Å². The quantitative estimate of drug-likeness (QED) is 0.908. The zero-order valence-electron chi connectivity index (χ0n) is 11.2. The van der Waals surface area contributed by atoms with Crippen LogP contribution < -0.4 is 10.2 Å². The van der Waals surface area contributed by atoms with E-state index in [9.17, 15) is 18.2 Å². The number of carboxylic acid groups (broad SMARTS) is 1. The molecule has 1 aliphatic heterocycles. The van der Waals surface area contributed by atoms with Crippen LogP contribution in [0.5, 0.6) is 5.75 Å². The van der Waals surface area contributed by atoms with Crippen LogP contribution in [-0.4, -0.2) is 25.8 Å². The monoisotopic (exact) mass is 323 g/mol. The molecule has 0 saturated heterocycles. The van der Waals surface area contributed by atoms with Crippen LogP contribution in [0.15, 0.2) is 22.0 Å². The van der Waals surface area contributed by atoms with Crippen LogP contribution in [0.1, 0.15) is 29.2 Å². The zero-order valence-corrected chi connectivity index (χ0v) is 12.0. The Morgan fingerprint density at radius 1 is 1.45 bits per heavy atom. The van der Waals surface area contributed by atoms with Crippen LogP contribution >= 0.6 is 0 Å². The molecule has 0 spiro atoms. The number of aromatic carboxylic acids is 1. The number of halogens is 1. The minimum Gasteiger partial charge on any atom is -0.479 e. The highest BCUT2D eigenvalue weighted by atomic mass is 32.2. The second-order valence-electron chi connectivity index (χ2n) is 5.34. The van der Waals surface area contributed by atoms with E-state index in [-0.39, 0.29) is 33.5 Å². The predicted octanol–water partition coefficient (Wildman–Crippen LogP) is 1.63. The van der Waals surface area contributed by atoms with E-state index in [0.717, 1.165) is 12.8 Å². The molecule has 1 aliphatic carbocycles. The molecule has 0 bridgehead atoms. The Balaban J connectivity index is 2.19. The van der Waals surface area contributed by atoms with Gasteiger partial charge in [-0.1, -0.05) is 0 Å². The van der Waals surface area contributed by atoms with E-state index in [0.29, 0.717) is 0 Å². The largest absolute Gasteiger partial charge is 0.479 e. The highest BCUT2D eigenvalue weighted by Crippen LogP contribution is 2.41. The molecule has 2 aliphatic rings. The van der Waals surface area contributed by atoms with E-state index >= 15 is 0 Å². The van der Waals surface area contributed by atoms with Crippen molar-refractivity contribution in [1.29, 1.82) is 0 Å². The average Bonchev–Trinajstić information content (AvgIpc) is 3.24. The highest BCUT2D eigenvalue weighted by Gasteiger charge is 2.33. The maximum Gasteiger partial charge on any atom is 0.341 e. The minimum atomic E-state index is -1.62. The van der Waals surface area contributed by atoms with E-state index in [4.69, 9.17) is 9.84 Å². The summed E-state index contributed by atoms with van der Waals surface area (Å²) in [7, 11) is -1.62. The number of aromatic nitrogens is 1. The number of hydrogen-bond acceptors (Lipinski definition) is 4. The van der Waals surface area contributed by atoms with Gasteiger partial charge in [-0.3, -0.25) is 9.00 Å². The van der Waals surface area contributed by atoms with E-state index in [1.54, 1.807) is 0 Å². The van der Waals surface area contributed by atoms with E-state index in [2.05, 4.69) is 0 Å². The van der Waals surface area contributed by atoms with Gasteiger partial charge in [0.05, 0.1) is 21.7 Å². The fourth-order valence-electron chi connectivity index (χ4n) is 2.72. The molecular formula is C14H10FNO5S. The molecule has 6 nitrogen and oxygen atoms in total. The third-order valence-corrected chi connectivity index (χ3v) is 5.06. The van der Waals surface area contributed by atoms with Gasteiger partial charge in [0, 0.05) is 12.2 Å². The molecule has 1 aromatic heterocycles. The summed E-state index contributed by atoms with van der Waals surface area (Å²) < 4.78 is 33.3. The minimum absolute atomic E-state index is 0.00935. The van der Waals surface area contributed by atoms with Gasteiger partial charge in [-0.05, 0) is 18.9 Å². The van der Waals surface area contributed by atoms with Gasteiger partial charge < -0.3 is 14.4 Å². The molecule has 1 unspecified atom stereocenters. The van der Waals surface area contributed by atoms with Crippen LogP contribution in [0.3, 0.4) is 0 Å². The molecule has 1 atom stereocenters. The van der Waals surface area contributed by atoms with Crippen molar-refractivity contribution in [2.75, 3.05) is 5.94 Å². The number of pyridine rings is 1. The fraction of sp³-hybridized carbons (Fsp3) is 0.286. The van der Waals surface area contributed by atoms with E-state index in [1.807, 2.05) is 0 Å². The molecule has 0 radical (unpaired) electrons. The van der Waals surface area contributed by atoms with Crippen LogP contribution in [-0.2, 0) is 10.8 Å². The summed E-state index contributed by atoms with van der Waals surface area (Å²) in [5.74, 6) is -2.23. The molecule has 8 heteroatoms. The first-order chi connectivity index (χ1) is 10.5. The van der Waals surface area contributed by atoms with Gasteiger partial charge in [-0.15, -0.1) is 0 Å². The van der Waals surface area contributed by atoms with Crippen LogP contribution in [0, 0.1) is 5.82 Å². The summed E-state index contributed by atoms with van der Waals surface area (Å²) in [6.45, 7) is 0. The number of benzene rings is 1. The topological polar surface area (TPSA) is 85.6 Å². The van der Waals surface area contributed by atoms with E-state index < -0.39 is 33.6 Å². The number of hydrogen-bond donors (Lipinski definition) is 1. The van der Waals surface area contributed by atoms with Crippen molar-refractivity contribution in [2.45, 2.75) is 23.8 Å². The zero-order chi connectivity index (χ0) is 15.6. The average molecular weight is 323 g/mol. The van der Waals surface area contributed by atoms with Crippen molar-refractivity contribution in [2.24, 2.45) is 0 Å². The van der Waals surface area contributed by atoms with Gasteiger partial charge in [-0.2, -0.15) is 0 Å². The summed E-state index contributed by atoms with van der Waals surface area (Å²) in [4.78, 5) is 23.5. The van der Waals surface area contributed by atoms with Gasteiger partial charge in [0.25, 0.3) is 0 Å². The lowest BCUT2D eigenvalue weighted by molar-refractivity contribution is 0.0695. The first-order valence-corrected chi connectivity index (χ1v) is 7.96. The Kier molecular flexibility index (Phi) is 2.68. The molecule has 22 heavy (non-hydrogen) atoms. The molecular weight excluding hydrogens is 313 g/mol. The molecule has 0 amide bonds. The summed E-state index contributed by atoms with van der Waals surface area (Å²) in [6, 6.07) is 1.26. The second kappa shape index (κ2) is 4.39. The molecule has 114 valence electrons. The van der Waals surface area contributed by atoms with Crippen molar-refractivity contribution in [3.63, 3.8) is 0 Å². The number of ether oxygens (including phenoxy) is 1. The summed E-state index contributed by atoms with van der Waals surface area (Å²) in [5, 5.41) is 9.12. The predicted molar refractivity (Wildman–Crippen MR) is 75.3 cm³/mol. The Morgan fingerprint density at radius 3 is 2.82 bits per heavy atom. The fourth-order valence-corrected chi connectivity index (χ4v) is 3.71. The molecule has 1 saturated carbocycles. The molecule has 2 aromatic rings. The Morgan fingerprint density at radius 2 is 2.18 bits per heavy atom. The molecule has 1 aromatic carbocycles. The lowest BCUT2D eigenvalue weighted by Gasteiger charge is -2.13. The van der Waals surface area contributed by atoms with Crippen molar-refractivity contribution < 1.29 is 23.2 Å². The highest BCUT2D eigenvalue weighted by molar-refractivity contribution is 7.85. The maximum atomic E-state index is 14.8. The third kappa shape index (κ3) is 1.73. The van der Waals surface area contributed by atoms with Gasteiger partial charge in [0.15, 0.2) is 11.8 Å². The Bertz CT molecular complexity index is 931. The SMILES string of the molecule is O=C(O)c1cn(C2CC2)c2c(F)c3c(cc2c1=O)OCS3=O. The first-order valence-electron chi connectivity index (χ1n) is 6.65. The third-order valence-electron chi connectivity index (χ3n) is 3.90. The van der Waals surface area contributed by atoms with Crippen molar-refractivity contribution in [1.82, 2.24) is 4.57 Å². The second-order valence-corrected chi connectivity index (χ2v) is 6.67. The normalized spacial score (nSPS) is 20.0. The van der Waals surface area contributed by atoms with Gasteiger partial charge in [0.1, 0.15) is 16.2 Å². The summed E-state index contributed by atoms with van der Waals surface area (Å²) in [5.41, 5.74) is -1.16.